The molecule has 0 spiro atoms. The minimum atomic E-state index is -1.11. The van der Waals surface area contributed by atoms with E-state index in [0.29, 0.717) is 18.1 Å². The lowest BCUT2D eigenvalue weighted by Crippen LogP contribution is -2.22. The molecule has 0 aliphatic heterocycles. The quantitative estimate of drug-likeness (QED) is 0.796. The fourth-order valence-electron chi connectivity index (χ4n) is 1.28. The Hall–Kier alpha value is -1.78. The summed E-state index contributed by atoms with van der Waals surface area (Å²) >= 11 is 0. The first-order chi connectivity index (χ1) is 7.99. The van der Waals surface area contributed by atoms with E-state index in [4.69, 9.17) is 9.52 Å². The number of amides is 1. The first-order valence-electron chi connectivity index (χ1n) is 5.57. The van der Waals surface area contributed by atoms with Crippen LogP contribution in [0.15, 0.2) is 16.5 Å². The standard InChI is InChI=1S/C12H17NO4/c1-8(2)3-6-11(14)13-7-9-4-5-10(17-9)12(15)16/h4-5,8H,3,6-7H2,1-2H3,(H,13,14)(H,15,16). The van der Waals surface area contributed by atoms with Crippen LogP contribution in [0.2, 0.25) is 0 Å². The smallest absolute Gasteiger partial charge is 0.371 e. The third-order valence-electron chi connectivity index (χ3n) is 2.28. The van der Waals surface area contributed by atoms with E-state index in [2.05, 4.69) is 19.2 Å². The highest BCUT2D eigenvalue weighted by molar-refractivity contribution is 5.84. The molecule has 2 N–H and O–H groups in total. The molecule has 5 nitrogen and oxygen atoms in total. The van der Waals surface area contributed by atoms with Gasteiger partial charge in [0.25, 0.3) is 0 Å². The van der Waals surface area contributed by atoms with Crippen molar-refractivity contribution in [1.82, 2.24) is 5.32 Å². The first-order valence-corrected chi connectivity index (χ1v) is 5.57. The van der Waals surface area contributed by atoms with Crippen LogP contribution in [0, 0.1) is 5.92 Å². The lowest BCUT2D eigenvalue weighted by Gasteiger charge is -2.05. The number of hydrogen-bond acceptors (Lipinski definition) is 3. The lowest BCUT2D eigenvalue weighted by atomic mass is 10.1. The molecule has 0 saturated carbocycles. The number of aromatic carboxylic acids is 1. The van der Waals surface area contributed by atoms with E-state index in [0.717, 1.165) is 6.42 Å². The van der Waals surface area contributed by atoms with Gasteiger partial charge in [-0.25, -0.2) is 4.79 Å². The van der Waals surface area contributed by atoms with Gasteiger partial charge in [-0.3, -0.25) is 4.79 Å². The molecule has 0 saturated heterocycles. The van der Waals surface area contributed by atoms with Gasteiger partial charge in [0.05, 0.1) is 6.54 Å². The van der Waals surface area contributed by atoms with Crippen LogP contribution in [0.1, 0.15) is 43.0 Å². The summed E-state index contributed by atoms with van der Waals surface area (Å²) in [5, 5.41) is 11.3. The maximum Gasteiger partial charge on any atom is 0.371 e. The highest BCUT2D eigenvalue weighted by atomic mass is 16.4. The van der Waals surface area contributed by atoms with Gasteiger partial charge < -0.3 is 14.8 Å². The van der Waals surface area contributed by atoms with Crippen LogP contribution < -0.4 is 5.32 Å². The van der Waals surface area contributed by atoms with Crippen LogP contribution in [-0.4, -0.2) is 17.0 Å². The Bertz CT molecular complexity index is 395. The van der Waals surface area contributed by atoms with Crippen LogP contribution in [0.3, 0.4) is 0 Å². The van der Waals surface area contributed by atoms with Gasteiger partial charge in [0, 0.05) is 6.42 Å². The molecule has 0 atom stereocenters. The number of carboxylic acids is 1. The summed E-state index contributed by atoms with van der Waals surface area (Å²) in [5.74, 6) is -0.339. The molecule has 1 amide bonds. The van der Waals surface area contributed by atoms with E-state index < -0.39 is 5.97 Å². The van der Waals surface area contributed by atoms with E-state index in [1.54, 1.807) is 6.07 Å². The fourth-order valence-corrected chi connectivity index (χ4v) is 1.28. The number of carboxylic acid groups (broad SMARTS) is 1. The highest BCUT2D eigenvalue weighted by Gasteiger charge is 2.09. The average Bonchev–Trinajstić information content (AvgIpc) is 2.72. The van der Waals surface area contributed by atoms with Crippen LogP contribution in [0.4, 0.5) is 0 Å². The monoisotopic (exact) mass is 239 g/mol. The van der Waals surface area contributed by atoms with Crippen LogP contribution in [-0.2, 0) is 11.3 Å². The summed E-state index contributed by atoms with van der Waals surface area (Å²) in [6.07, 6.45) is 1.31. The maximum atomic E-state index is 11.4. The van der Waals surface area contributed by atoms with Crippen molar-refractivity contribution >= 4 is 11.9 Å². The van der Waals surface area contributed by atoms with Crippen LogP contribution >= 0.6 is 0 Å². The SMILES string of the molecule is CC(C)CCC(=O)NCc1ccc(C(=O)O)o1. The van der Waals surface area contributed by atoms with Gasteiger partial charge in [-0.15, -0.1) is 0 Å². The van der Waals surface area contributed by atoms with Crippen molar-refractivity contribution in [2.24, 2.45) is 5.92 Å². The summed E-state index contributed by atoms with van der Waals surface area (Å²) in [6, 6.07) is 2.92. The molecule has 0 bridgehead atoms. The number of rotatable bonds is 6. The molecule has 0 aliphatic carbocycles. The van der Waals surface area contributed by atoms with Crippen LogP contribution in [0.5, 0.6) is 0 Å². The molecule has 0 fully saturated rings. The van der Waals surface area contributed by atoms with E-state index in [1.165, 1.54) is 6.07 Å². The number of carbonyl (C=O) groups excluding carboxylic acids is 1. The minimum absolute atomic E-state index is 0.0491. The molecule has 0 radical (unpaired) electrons. The number of hydrogen-bond donors (Lipinski definition) is 2. The van der Waals surface area contributed by atoms with Crippen molar-refractivity contribution < 1.29 is 19.1 Å². The fraction of sp³-hybridized carbons (Fsp3) is 0.500. The van der Waals surface area contributed by atoms with E-state index >= 15 is 0 Å². The second kappa shape index (κ2) is 6.08. The Kier molecular flexibility index (Phi) is 4.75. The van der Waals surface area contributed by atoms with Gasteiger partial charge >= 0.3 is 5.97 Å². The third kappa shape index (κ3) is 4.72. The van der Waals surface area contributed by atoms with Crippen LogP contribution in [0.25, 0.3) is 0 Å². The molecule has 0 unspecified atom stereocenters. The minimum Gasteiger partial charge on any atom is -0.475 e. The predicted molar refractivity (Wildman–Crippen MR) is 61.6 cm³/mol. The van der Waals surface area contributed by atoms with Gasteiger partial charge in [-0.05, 0) is 24.5 Å². The number of furan rings is 1. The molecule has 5 heteroatoms. The summed E-state index contributed by atoms with van der Waals surface area (Å²) in [5.41, 5.74) is 0. The second-order valence-corrected chi connectivity index (χ2v) is 4.28. The van der Waals surface area contributed by atoms with Crippen molar-refractivity contribution in [2.75, 3.05) is 0 Å². The van der Waals surface area contributed by atoms with Crippen molar-refractivity contribution in [3.05, 3.63) is 23.7 Å². The van der Waals surface area contributed by atoms with E-state index in [-0.39, 0.29) is 18.2 Å². The molecule has 1 rings (SSSR count). The maximum absolute atomic E-state index is 11.4. The number of nitrogens with one attached hydrogen (secondary N) is 1. The highest BCUT2D eigenvalue weighted by Crippen LogP contribution is 2.08. The Morgan fingerprint density at radius 3 is 2.65 bits per heavy atom. The number of carbonyl (C=O) groups is 2. The summed E-state index contributed by atoms with van der Waals surface area (Å²) in [6.45, 7) is 4.34. The molecular weight excluding hydrogens is 222 g/mol. The molecule has 1 aromatic heterocycles. The zero-order chi connectivity index (χ0) is 12.8. The Labute approximate surface area is 99.8 Å². The molecule has 1 aromatic rings. The summed E-state index contributed by atoms with van der Waals surface area (Å²) in [4.78, 5) is 21.9. The van der Waals surface area contributed by atoms with Gasteiger partial charge in [-0.2, -0.15) is 0 Å². The molecule has 0 aromatic carbocycles. The average molecular weight is 239 g/mol. The topological polar surface area (TPSA) is 79.5 Å². The molecule has 94 valence electrons. The summed E-state index contributed by atoms with van der Waals surface area (Å²) < 4.78 is 5.01. The van der Waals surface area contributed by atoms with E-state index in [9.17, 15) is 9.59 Å². The second-order valence-electron chi connectivity index (χ2n) is 4.28. The molecule has 0 aliphatic rings. The first kappa shape index (κ1) is 13.3. The Balaban J connectivity index is 2.34. The zero-order valence-corrected chi connectivity index (χ0v) is 10.0. The predicted octanol–water partition coefficient (Wildman–Crippen LogP) is 2.03. The van der Waals surface area contributed by atoms with Gasteiger partial charge in [0.1, 0.15) is 5.76 Å². The summed E-state index contributed by atoms with van der Waals surface area (Å²) in [7, 11) is 0. The molecule has 17 heavy (non-hydrogen) atoms. The van der Waals surface area contributed by atoms with Gasteiger partial charge in [0.2, 0.25) is 11.7 Å². The molecule has 1 heterocycles. The van der Waals surface area contributed by atoms with Gasteiger partial charge in [0.15, 0.2) is 0 Å². The lowest BCUT2D eigenvalue weighted by molar-refractivity contribution is -0.121. The van der Waals surface area contributed by atoms with Crippen molar-refractivity contribution in [2.45, 2.75) is 33.2 Å². The van der Waals surface area contributed by atoms with Crippen molar-refractivity contribution in [3.63, 3.8) is 0 Å². The largest absolute Gasteiger partial charge is 0.475 e. The van der Waals surface area contributed by atoms with Gasteiger partial charge in [-0.1, -0.05) is 13.8 Å². The third-order valence-corrected chi connectivity index (χ3v) is 2.28. The normalized spacial score (nSPS) is 10.5. The zero-order valence-electron chi connectivity index (χ0n) is 10.0. The Morgan fingerprint density at radius 2 is 2.12 bits per heavy atom. The van der Waals surface area contributed by atoms with Crippen molar-refractivity contribution in [1.29, 1.82) is 0 Å². The van der Waals surface area contributed by atoms with Crippen molar-refractivity contribution in [3.8, 4) is 0 Å². The molecular formula is C12H17NO4. The van der Waals surface area contributed by atoms with E-state index in [1.807, 2.05) is 0 Å². The Morgan fingerprint density at radius 1 is 1.41 bits per heavy atom.